The van der Waals surface area contributed by atoms with E-state index in [1.807, 2.05) is 73.7 Å². The predicted octanol–water partition coefficient (Wildman–Crippen LogP) is 8.35. The van der Waals surface area contributed by atoms with Gasteiger partial charge in [0.25, 0.3) is 10.0 Å². The fourth-order valence-corrected chi connectivity index (χ4v) is 5.98. The summed E-state index contributed by atoms with van der Waals surface area (Å²) in [5.41, 5.74) is 3.66. The van der Waals surface area contributed by atoms with Crippen LogP contribution >= 0.6 is 0 Å². The normalized spacial score (nSPS) is 12.1. The number of allylic oxidation sites excluding steroid dienone is 1. The van der Waals surface area contributed by atoms with Gasteiger partial charge in [-0.1, -0.05) is 123 Å². The van der Waals surface area contributed by atoms with Crippen LogP contribution in [0, 0.1) is 6.92 Å². The topological polar surface area (TPSA) is 37.4 Å². The number of benzene rings is 4. The van der Waals surface area contributed by atoms with Gasteiger partial charge in [-0.05, 0) is 48.2 Å². The third-order valence-electron chi connectivity index (χ3n) is 6.51. The zero-order chi connectivity index (χ0) is 25.4. The first-order chi connectivity index (χ1) is 17.5. The molecule has 0 spiro atoms. The molecule has 0 saturated heterocycles. The van der Waals surface area contributed by atoms with Crippen molar-refractivity contribution in [1.29, 1.82) is 0 Å². The molecule has 0 amide bonds. The molecule has 0 bridgehead atoms. The molecule has 0 aromatic heterocycles. The van der Waals surface area contributed by atoms with Crippen LogP contribution in [0.2, 0.25) is 0 Å². The van der Waals surface area contributed by atoms with Crippen molar-refractivity contribution in [2.24, 2.45) is 0 Å². The summed E-state index contributed by atoms with van der Waals surface area (Å²) in [5, 5.41) is 2.15. The van der Waals surface area contributed by atoms with Crippen LogP contribution in [0.4, 0.5) is 0 Å². The number of hydrogen-bond donors (Lipinski definition) is 0. The van der Waals surface area contributed by atoms with Crippen molar-refractivity contribution in [3.63, 3.8) is 0 Å². The zero-order valence-electron chi connectivity index (χ0n) is 21.2. The molecule has 0 heterocycles. The van der Waals surface area contributed by atoms with Crippen molar-refractivity contribution >= 4 is 26.5 Å². The van der Waals surface area contributed by atoms with Gasteiger partial charge in [0.05, 0.1) is 17.1 Å². The van der Waals surface area contributed by atoms with E-state index in [0.29, 0.717) is 4.90 Å². The number of nitrogens with zero attached hydrogens (tertiary/aromatic N) is 1. The smallest absolute Gasteiger partial charge is 0.262 e. The van der Waals surface area contributed by atoms with Gasteiger partial charge in [-0.3, -0.25) is 4.31 Å². The first-order valence-electron chi connectivity index (χ1n) is 12.8. The van der Waals surface area contributed by atoms with Gasteiger partial charge in [0.1, 0.15) is 0 Å². The Balaban J connectivity index is 1.88. The Morgan fingerprint density at radius 3 is 2.22 bits per heavy atom. The Hall–Kier alpha value is -3.37. The van der Waals surface area contributed by atoms with Gasteiger partial charge >= 0.3 is 0 Å². The maximum Gasteiger partial charge on any atom is 0.264 e. The molecule has 0 atom stereocenters. The third-order valence-corrected chi connectivity index (χ3v) is 8.28. The van der Waals surface area contributed by atoms with Crippen LogP contribution < -0.4 is 0 Å². The summed E-state index contributed by atoms with van der Waals surface area (Å²) in [6.45, 7) is 4.43. The third kappa shape index (κ3) is 6.06. The Kier molecular flexibility index (Phi) is 8.61. The summed E-state index contributed by atoms with van der Waals surface area (Å²) in [5.74, 6) is 0. The van der Waals surface area contributed by atoms with Crippen LogP contribution in [0.25, 0.3) is 16.5 Å². The van der Waals surface area contributed by atoms with Crippen molar-refractivity contribution < 1.29 is 8.42 Å². The Bertz CT molecular complexity index is 1400. The minimum Gasteiger partial charge on any atom is -0.262 e. The van der Waals surface area contributed by atoms with E-state index in [-0.39, 0.29) is 6.54 Å². The second kappa shape index (κ2) is 12.0. The van der Waals surface area contributed by atoms with E-state index < -0.39 is 10.0 Å². The molecule has 36 heavy (non-hydrogen) atoms. The Morgan fingerprint density at radius 2 is 1.47 bits per heavy atom. The Morgan fingerprint density at radius 1 is 0.778 bits per heavy atom. The highest BCUT2D eigenvalue weighted by molar-refractivity contribution is 7.89. The molecule has 0 aliphatic rings. The number of rotatable bonds is 11. The Labute approximate surface area is 216 Å². The minimum absolute atomic E-state index is 0.265. The van der Waals surface area contributed by atoms with Crippen LogP contribution in [0.15, 0.2) is 108 Å². The van der Waals surface area contributed by atoms with E-state index in [1.165, 1.54) is 12.8 Å². The van der Waals surface area contributed by atoms with Crippen molar-refractivity contribution in [2.45, 2.75) is 57.4 Å². The maximum atomic E-state index is 14.2. The molecule has 0 aliphatic carbocycles. The van der Waals surface area contributed by atoms with Gasteiger partial charge in [0.2, 0.25) is 0 Å². The highest BCUT2D eigenvalue weighted by Crippen LogP contribution is 2.34. The molecule has 0 fully saturated rings. The van der Waals surface area contributed by atoms with E-state index in [1.54, 1.807) is 16.4 Å². The molecule has 0 aliphatic heterocycles. The number of hydrogen-bond acceptors (Lipinski definition) is 2. The van der Waals surface area contributed by atoms with Crippen molar-refractivity contribution in [2.75, 3.05) is 0 Å². The molecular weight excluding hydrogens is 462 g/mol. The summed E-state index contributed by atoms with van der Waals surface area (Å²) < 4.78 is 30.0. The van der Waals surface area contributed by atoms with Crippen LogP contribution in [0.3, 0.4) is 0 Å². The van der Waals surface area contributed by atoms with Crippen molar-refractivity contribution in [1.82, 2.24) is 4.31 Å². The van der Waals surface area contributed by atoms with E-state index >= 15 is 0 Å². The summed E-state index contributed by atoms with van der Waals surface area (Å²) >= 11 is 0. The first kappa shape index (κ1) is 25.7. The quantitative estimate of drug-likeness (QED) is 0.195. The van der Waals surface area contributed by atoms with Gasteiger partial charge in [0, 0.05) is 5.56 Å². The lowest BCUT2D eigenvalue weighted by atomic mass is 10.0. The highest BCUT2D eigenvalue weighted by atomic mass is 32.2. The molecule has 4 heteroatoms. The zero-order valence-corrected chi connectivity index (χ0v) is 22.0. The van der Waals surface area contributed by atoms with E-state index in [9.17, 15) is 8.42 Å². The van der Waals surface area contributed by atoms with Gasteiger partial charge in [-0.15, -0.1) is 0 Å². The monoisotopic (exact) mass is 497 g/mol. The number of sulfonamides is 1. The molecule has 4 aromatic rings. The van der Waals surface area contributed by atoms with Gasteiger partial charge in [-0.25, -0.2) is 8.42 Å². The molecule has 186 valence electrons. The predicted molar refractivity (Wildman–Crippen MR) is 151 cm³/mol. The largest absolute Gasteiger partial charge is 0.264 e. The second-order valence-corrected chi connectivity index (χ2v) is 11.1. The molecule has 4 aromatic carbocycles. The second-order valence-electron chi connectivity index (χ2n) is 9.28. The van der Waals surface area contributed by atoms with Crippen molar-refractivity contribution in [3.05, 3.63) is 120 Å². The fraction of sp³-hybridized carbons (Fsp3) is 0.250. The van der Waals surface area contributed by atoms with E-state index in [2.05, 4.69) is 31.2 Å². The number of fused-ring (bicyclic) bond motifs is 1. The maximum absolute atomic E-state index is 14.2. The SMILES string of the molecule is CCCCCC/C=C(/c1cccc2ccccc12)N(Cc1ccccc1)S(=O)(=O)c1ccc(C)cc1. The number of aryl methyl sites for hydroxylation is 1. The molecule has 0 saturated carbocycles. The van der Waals surface area contributed by atoms with E-state index in [4.69, 9.17) is 0 Å². The van der Waals surface area contributed by atoms with Crippen LogP contribution in [0.5, 0.6) is 0 Å². The minimum atomic E-state index is -3.81. The highest BCUT2D eigenvalue weighted by Gasteiger charge is 2.28. The lowest BCUT2D eigenvalue weighted by Gasteiger charge is -2.28. The average Bonchev–Trinajstić information content (AvgIpc) is 2.90. The summed E-state index contributed by atoms with van der Waals surface area (Å²) in [6, 6.07) is 31.3. The van der Waals surface area contributed by atoms with E-state index in [0.717, 1.165) is 52.4 Å². The van der Waals surface area contributed by atoms with Gasteiger partial charge in [0.15, 0.2) is 0 Å². The molecule has 0 radical (unpaired) electrons. The standard InChI is InChI=1S/C32H35NO2S/c1-3-4-5-6-10-20-32(31-19-13-17-28-16-11-12-18-30(28)31)33(25-27-14-8-7-9-15-27)36(34,35)29-23-21-26(2)22-24-29/h7-9,11-24H,3-6,10,25H2,1-2H3/b32-20-. The fourth-order valence-electron chi connectivity index (χ4n) is 4.49. The molecule has 4 rings (SSSR count). The molecule has 0 unspecified atom stereocenters. The summed E-state index contributed by atoms with van der Waals surface area (Å²) in [7, 11) is -3.81. The van der Waals surface area contributed by atoms with Gasteiger partial charge in [-0.2, -0.15) is 0 Å². The average molecular weight is 498 g/mol. The molecule has 3 nitrogen and oxygen atoms in total. The van der Waals surface area contributed by atoms with Crippen LogP contribution in [-0.4, -0.2) is 12.7 Å². The number of unbranched alkanes of at least 4 members (excludes halogenated alkanes) is 4. The first-order valence-corrected chi connectivity index (χ1v) is 14.3. The summed E-state index contributed by atoms with van der Waals surface area (Å²) in [4.78, 5) is 0.307. The molecule has 0 N–H and O–H groups in total. The lowest BCUT2D eigenvalue weighted by Crippen LogP contribution is -2.29. The van der Waals surface area contributed by atoms with Crippen LogP contribution in [-0.2, 0) is 16.6 Å². The van der Waals surface area contributed by atoms with Crippen LogP contribution in [0.1, 0.15) is 55.7 Å². The van der Waals surface area contributed by atoms with Gasteiger partial charge < -0.3 is 0 Å². The lowest BCUT2D eigenvalue weighted by molar-refractivity contribution is 0.506. The summed E-state index contributed by atoms with van der Waals surface area (Å²) in [6.07, 6.45) is 7.49. The van der Waals surface area contributed by atoms with Crippen molar-refractivity contribution in [3.8, 4) is 0 Å². The molecular formula is C32H35NO2S.